The molecule has 17 heavy (non-hydrogen) atoms. The zero-order chi connectivity index (χ0) is 12.4. The number of nitrogens with one attached hydrogen (secondary N) is 1. The third-order valence-corrected chi connectivity index (χ3v) is 2.31. The van der Waals surface area contributed by atoms with Gasteiger partial charge in [-0.3, -0.25) is 9.89 Å². The Bertz CT molecular complexity index is 530. The van der Waals surface area contributed by atoms with E-state index in [2.05, 4.69) is 20.2 Å². The number of hydrogen-bond acceptors (Lipinski definition) is 5. The van der Waals surface area contributed by atoms with E-state index >= 15 is 0 Å². The highest BCUT2D eigenvalue weighted by atomic mass is 16.3. The van der Waals surface area contributed by atoms with Crippen molar-refractivity contribution in [2.75, 3.05) is 7.05 Å². The number of H-pyrrole nitrogens is 1. The summed E-state index contributed by atoms with van der Waals surface area (Å²) in [4.78, 5) is 21.5. The molecule has 7 nitrogen and oxygen atoms in total. The molecule has 0 radical (unpaired) electrons. The number of aromatic nitrogens is 4. The van der Waals surface area contributed by atoms with Crippen molar-refractivity contribution in [3.63, 3.8) is 0 Å². The van der Waals surface area contributed by atoms with Gasteiger partial charge in [-0.05, 0) is 13.8 Å². The van der Waals surface area contributed by atoms with Gasteiger partial charge in [-0.15, -0.1) is 0 Å². The zero-order valence-corrected chi connectivity index (χ0v) is 9.89. The van der Waals surface area contributed by atoms with Crippen LogP contribution in [-0.4, -0.2) is 38.0 Å². The standard InChI is InChI=1S/C10H13N5O2/c1-6-9(17-5-11-6)10(16)15(3)4-8-12-7(2)13-14-8/h5H,4H2,1-3H3,(H,12,13,14). The van der Waals surface area contributed by atoms with Crippen LogP contribution in [-0.2, 0) is 6.54 Å². The molecule has 0 aliphatic heterocycles. The average Bonchev–Trinajstić information content (AvgIpc) is 2.86. The molecule has 0 aromatic carbocycles. The number of aryl methyl sites for hydroxylation is 2. The Kier molecular flexibility index (Phi) is 2.90. The molecule has 1 amide bonds. The van der Waals surface area contributed by atoms with Crippen LogP contribution in [0.25, 0.3) is 0 Å². The number of carbonyl (C=O) groups is 1. The van der Waals surface area contributed by atoms with Gasteiger partial charge in [-0.25, -0.2) is 9.97 Å². The first kappa shape index (κ1) is 11.3. The van der Waals surface area contributed by atoms with Crippen molar-refractivity contribution in [1.82, 2.24) is 25.1 Å². The third-order valence-electron chi connectivity index (χ3n) is 2.31. The van der Waals surface area contributed by atoms with Crippen molar-refractivity contribution in [1.29, 1.82) is 0 Å². The Balaban J connectivity index is 2.08. The number of nitrogens with zero attached hydrogens (tertiary/aromatic N) is 4. The van der Waals surface area contributed by atoms with Crippen molar-refractivity contribution < 1.29 is 9.21 Å². The summed E-state index contributed by atoms with van der Waals surface area (Å²) in [5.74, 6) is 1.30. The van der Waals surface area contributed by atoms with Gasteiger partial charge in [-0.1, -0.05) is 0 Å². The fourth-order valence-electron chi connectivity index (χ4n) is 1.42. The second-order valence-electron chi connectivity index (χ2n) is 3.77. The van der Waals surface area contributed by atoms with Gasteiger partial charge in [0.2, 0.25) is 5.76 Å². The van der Waals surface area contributed by atoms with Gasteiger partial charge < -0.3 is 9.32 Å². The molecule has 0 atom stereocenters. The number of hydrogen-bond donors (Lipinski definition) is 1. The fraction of sp³-hybridized carbons (Fsp3) is 0.400. The molecule has 7 heteroatoms. The Hall–Kier alpha value is -2.18. The van der Waals surface area contributed by atoms with E-state index in [1.165, 1.54) is 11.3 Å². The summed E-state index contributed by atoms with van der Waals surface area (Å²) in [5.41, 5.74) is 0.577. The van der Waals surface area contributed by atoms with E-state index < -0.39 is 0 Å². The summed E-state index contributed by atoms with van der Waals surface area (Å²) in [6.45, 7) is 3.85. The number of oxazole rings is 1. The summed E-state index contributed by atoms with van der Waals surface area (Å²) >= 11 is 0. The lowest BCUT2D eigenvalue weighted by molar-refractivity contribution is 0.0749. The van der Waals surface area contributed by atoms with E-state index in [1.54, 1.807) is 20.9 Å². The summed E-state index contributed by atoms with van der Waals surface area (Å²) in [5, 5.41) is 6.69. The second kappa shape index (κ2) is 4.36. The first-order chi connectivity index (χ1) is 8.08. The van der Waals surface area contributed by atoms with Crippen LogP contribution in [0.15, 0.2) is 10.8 Å². The van der Waals surface area contributed by atoms with Crippen molar-refractivity contribution in [3.8, 4) is 0 Å². The molecule has 2 aromatic heterocycles. The van der Waals surface area contributed by atoms with Crippen molar-refractivity contribution >= 4 is 5.91 Å². The summed E-state index contributed by atoms with van der Waals surface area (Å²) in [7, 11) is 1.66. The predicted octanol–water partition coefficient (Wildman–Crippen LogP) is 0.682. The van der Waals surface area contributed by atoms with Gasteiger partial charge in [0, 0.05) is 7.05 Å². The van der Waals surface area contributed by atoms with Gasteiger partial charge >= 0.3 is 0 Å². The molecule has 0 unspecified atom stereocenters. The predicted molar refractivity (Wildman–Crippen MR) is 58.2 cm³/mol. The van der Waals surface area contributed by atoms with Gasteiger partial charge in [0.05, 0.1) is 12.2 Å². The third kappa shape index (κ3) is 2.32. The number of carbonyl (C=O) groups excluding carboxylic acids is 1. The Labute approximate surface area is 97.9 Å². The highest BCUT2D eigenvalue weighted by Crippen LogP contribution is 2.09. The summed E-state index contributed by atoms with van der Waals surface area (Å²) in [6.07, 6.45) is 1.26. The monoisotopic (exact) mass is 235 g/mol. The number of amides is 1. The van der Waals surface area contributed by atoms with E-state index in [9.17, 15) is 4.79 Å². The van der Waals surface area contributed by atoms with Crippen LogP contribution >= 0.6 is 0 Å². The molecule has 2 heterocycles. The van der Waals surface area contributed by atoms with Crippen LogP contribution in [0.1, 0.15) is 27.9 Å². The molecule has 90 valence electrons. The quantitative estimate of drug-likeness (QED) is 0.845. The topological polar surface area (TPSA) is 87.9 Å². The molecule has 0 aliphatic rings. The minimum atomic E-state index is -0.234. The average molecular weight is 235 g/mol. The second-order valence-corrected chi connectivity index (χ2v) is 3.77. The summed E-state index contributed by atoms with van der Waals surface area (Å²) < 4.78 is 5.04. The normalized spacial score (nSPS) is 10.5. The van der Waals surface area contributed by atoms with Crippen LogP contribution in [0.5, 0.6) is 0 Å². The molecule has 2 aromatic rings. The lowest BCUT2D eigenvalue weighted by atomic mass is 10.3. The Morgan fingerprint density at radius 3 is 2.82 bits per heavy atom. The Morgan fingerprint density at radius 1 is 1.53 bits per heavy atom. The highest BCUT2D eigenvalue weighted by molar-refractivity contribution is 5.92. The first-order valence-corrected chi connectivity index (χ1v) is 5.11. The van der Waals surface area contributed by atoms with Crippen LogP contribution < -0.4 is 0 Å². The molecule has 0 saturated carbocycles. The molecule has 2 rings (SSSR count). The molecule has 1 N–H and O–H groups in total. The smallest absolute Gasteiger partial charge is 0.291 e. The van der Waals surface area contributed by atoms with Gasteiger partial charge in [0.25, 0.3) is 5.91 Å². The van der Waals surface area contributed by atoms with Crippen molar-refractivity contribution in [2.24, 2.45) is 0 Å². The minimum Gasteiger partial charge on any atom is -0.438 e. The van der Waals surface area contributed by atoms with Crippen LogP contribution in [0.2, 0.25) is 0 Å². The van der Waals surface area contributed by atoms with Crippen LogP contribution in [0.3, 0.4) is 0 Å². The molecular weight excluding hydrogens is 222 g/mol. The number of rotatable bonds is 3. The van der Waals surface area contributed by atoms with E-state index in [0.717, 1.165) is 5.82 Å². The van der Waals surface area contributed by atoms with Gasteiger partial charge in [0.15, 0.2) is 12.2 Å². The van der Waals surface area contributed by atoms with Gasteiger partial charge in [0.1, 0.15) is 5.82 Å². The van der Waals surface area contributed by atoms with Crippen LogP contribution in [0.4, 0.5) is 0 Å². The van der Waals surface area contributed by atoms with E-state index in [0.29, 0.717) is 18.1 Å². The molecule has 0 aliphatic carbocycles. The van der Waals surface area contributed by atoms with Crippen molar-refractivity contribution in [3.05, 3.63) is 29.5 Å². The van der Waals surface area contributed by atoms with Crippen LogP contribution in [0, 0.1) is 13.8 Å². The molecule has 0 saturated heterocycles. The SMILES string of the molecule is Cc1nc(CN(C)C(=O)c2ocnc2C)n[nH]1. The first-order valence-electron chi connectivity index (χ1n) is 5.11. The van der Waals surface area contributed by atoms with Crippen molar-refractivity contribution in [2.45, 2.75) is 20.4 Å². The molecular formula is C10H13N5O2. The Morgan fingerprint density at radius 2 is 2.29 bits per heavy atom. The lowest BCUT2D eigenvalue weighted by Crippen LogP contribution is -2.27. The highest BCUT2D eigenvalue weighted by Gasteiger charge is 2.19. The maximum atomic E-state index is 12.0. The zero-order valence-electron chi connectivity index (χ0n) is 9.89. The maximum absolute atomic E-state index is 12.0. The lowest BCUT2D eigenvalue weighted by Gasteiger charge is -2.13. The molecule has 0 bridgehead atoms. The van der Waals surface area contributed by atoms with E-state index in [4.69, 9.17) is 4.42 Å². The van der Waals surface area contributed by atoms with E-state index in [1.807, 2.05) is 0 Å². The summed E-state index contributed by atoms with van der Waals surface area (Å²) in [6, 6.07) is 0. The largest absolute Gasteiger partial charge is 0.438 e. The van der Waals surface area contributed by atoms with E-state index in [-0.39, 0.29) is 11.7 Å². The molecule has 0 spiro atoms. The maximum Gasteiger partial charge on any atom is 0.291 e. The minimum absolute atomic E-state index is 0.234. The molecule has 0 fully saturated rings. The van der Waals surface area contributed by atoms with Gasteiger partial charge in [-0.2, -0.15) is 5.10 Å². The number of aromatic amines is 1. The fourth-order valence-corrected chi connectivity index (χ4v) is 1.42.